The van der Waals surface area contributed by atoms with Crippen molar-refractivity contribution in [1.82, 2.24) is 14.5 Å². The standard InChI is InChI=1S/C19H19FN4O3/c1-24-13(16-17(26-2)12(20)8-22-19(16)27-3)6-11-7-15(21-9-14(11)24)23-18(25)10-4-5-10/h6-10H,4-5H2,1-3H3,(H,21,23,25). The molecule has 3 aromatic rings. The maximum absolute atomic E-state index is 14.2. The third-order valence-electron chi connectivity index (χ3n) is 4.73. The summed E-state index contributed by atoms with van der Waals surface area (Å²) in [5.74, 6) is 0.329. The van der Waals surface area contributed by atoms with Crippen LogP contribution in [0.15, 0.2) is 24.5 Å². The molecule has 1 amide bonds. The predicted molar refractivity (Wildman–Crippen MR) is 98.4 cm³/mol. The van der Waals surface area contributed by atoms with Gasteiger partial charge in [0.15, 0.2) is 11.6 Å². The molecule has 0 aliphatic heterocycles. The number of pyridine rings is 2. The maximum Gasteiger partial charge on any atom is 0.228 e. The van der Waals surface area contributed by atoms with E-state index in [0.717, 1.165) is 29.9 Å². The van der Waals surface area contributed by atoms with Crippen molar-refractivity contribution in [2.24, 2.45) is 13.0 Å². The average Bonchev–Trinajstić information content (AvgIpc) is 3.46. The van der Waals surface area contributed by atoms with E-state index in [-0.39, 0.29) is 23.5 Å². The van der Waals surface area contributed by atoms with E-state index in [4.69, 9.17) is 9.47 Å². The van der Waals surface area contributed by atoms with Crippen molar-refractivity contribution in [1.29, 1.82) is 0 Å². The number of hydrogen-bond donors (Lipinski definition) is 1. The minimum atomic E-state index is -0.575. The topological polar surface area (TPSA) is 78.3 Å². The third-order valence-corrected chi connectivity index (χ3v) is 4.73. The molecule has 0 bridgehead atoms. The number of aryl methyl sites for hydroxylation is 1. The average molecular weight is 370 g/mol. The Kier molecular flexibility index (Phi) is 4.18. The third kappa shape index (κ3) is 2.97. The maximum atomic E-state index is 14.2. The van der Waals surface area contributed by atoms with Crippen molar-refractivity contribution in [3.8, 4) is 22.9 Å². The number of anilines is 1. The monoisotopic (exact) mass is 370 g/mol. The van der Waals surface area contributed by atoms with E-state index in [1.165, 1.54) is 14.2 Å². The van der Waals surface area contributed by atoms with Gasteiger partial charge in [-0.3, -0.25) is 4.79 Å². The molecule has 0 radical (unpaired) electrons. The van der Waals surface area contributed by atoms with Gasteiger partial charge in [0, 0.05) is 18.4 Å². The van der Waals surface area contributed by atoms with Crippen LogP contribution in [-0.4, -0.2) is 34.7 Å². The molecule has 1 fully saturated rings. The van der Waals surface area contributed by atoms with E-state index >= 15 is 0 Å². The van der Waals surface area contributed by atoms with E-state index in [1.54, 1.807) is 12.3 Å². The Morgan fingerprint density at radius 2 is 2.00 bits per heavy atom. The van der Waals surface area contributed by atoms with Crippen LogP contribution in [0.1, 0.15) is 12.8 Å². The molecule has 4 rings (SSSR count). The van der Waals surface area contributed by atoms with E-state index < -0.39 is 5.82 Å². The molecule has 0 unspecified atom stereocenters. The number of methoxy groups -OCH3 is 2. The smallest absolute Gasteiger partial charge is 0.228 e. The molecule has 0 atom stereocenters. The molecule has 7 nitrogen and oxygen atoms in total. The second kappa shape index (κ2) is 6.53. The van der Waals surface area contributed by atoms with E-state index in [0.29, 0.717) is 17.1 Å². The number of ether oxygens (including phenoxy) is 2. The predicted octanol–water partition coefficient (Wildman–Crippen LogP) is 3.14. The summed E-state index contributed by atoms with van der Waals surface area (Å²) in [4.78, 5) is 20.3. The van der Waals surface area contributed by atoms with Gasteiger partial charge in [-0.25, -0.2) is 14.4 Å². The first-order valence-electron chi connectivity index (χ1n) is 8.56. The Hall–Kier alpha value is -3.16. The first-order valence-corrected chi connectivity index (χ1v) is 8.56. The van der Waals surface area contributed by atoms with Crippen LogP contribution in [-0.2, 0) is 11.8 Å². The highest BCUT2D eigenvalue weighted by atomic mass is 19.1. The lowest BCUT2D eigenvalue weighted by molar-refractivity contribution is -0.117. The fraction of sp³-hybridized carbons (Fsp3) is 0.316. The summed E-state index contributed by atoms with van der Waals surface area (Å²) in [7, 11) is 4.71. The molecule has 0 aromatic carbocycles. The van der Waals surface area contributed by atoms with Crippen molar-refractivity contribution >= 4 is 22.6 Å². The van der Waals surface area contributed by atoms with E-state index in [1.807, 2.05) is 17.7 Å². The lowest BCUT2D eigenvalue weighted by Crippen LogP contribution is -2.14. The number of carbonyl (C=O) groups is 1. The number of halogens is 1. The molecule has 3 heterocycles. The van der Waals surface area contributed by atoms with Crippen LogP contribution >= 0.6 is 0 Å². The fourth-order valence-electron chi connectivity index (χ4n) is 3.15. The van der Waals surface area contributed by atoms with Gasteiger partial charge in [-0.2, -0.15) is 0 Å². The Bertz CT molecular complexity index is 1040. The molecule has 8 heteroatoms. The Labute approximate surface area is 155 Å². The number of amides is 1. The summed E-state index contributed by atoms with van der Waals surface area (Å²) in [5, 5.41) is 3.69. The molecule has 0 spiro atoms. The van der Waals surface area contributed by atoms with E-state index in [2.05, 4.69) is 15.3 Å². The zero-order valence-corrected chi connectivity index (χ0v) is 15.2. The van der Waals surface area contributed by atoms with Crippen molar-refractivity contribution < 1.29 is 18.7 Å². The van der Waals surface area contributed by atoms with Crippen LogP contribution in [0.4, 0.5) is 10.2 Å². The number of carbonyl (C=O) groups excluding carboxylic acids is 1. The highest BCUT2D eigenvalue weighted by Crippen LogP contribution is 2.40. The molecule has 27 heavy (non-hydrogen) atoms. The number of fused-ring (bicyclic) bond motifs is 1. The highest BCUT2D eigenvalue weighted by molar-refractivity contribution is 5.96. The SMILES string of the molecule is COc1ncc(F)c(OC)c1-c1cc2cc(NC(=O)C3CC3)ncc2n1C. The number of aromatic nitrogens is 3. The van der Waals surface area contributed by atoms with Gasteiger partial charge in [0.05, 0.1) is 37.8 Å². The zero-order valence-electron chi connectivity index (χ0n) is 15.2. The van der Waals surface area contributed by atoms with Gasteiger partial charge in [-0.1, -0.05) is 0 Å². The number of nitrogens with zero attached hydrogens (tertiary/aromatic N) is 3. The summed E-state index contributed by atoms with van der Waals surface area (Å²) in [6.45, 7) is 0. The second-order valence-corrected chi connectivity index (χ2v) is 6.50. The Morgan fingerprint density at radius 3 is 2.67 bits per heavy atom. The van der Waals surface area contributed by atoms with Gasteiger partial charge in [0.25, 0.3) is 0 Å². The summed E-state index contributed by atoms with van der Waals surface area (Å²) < 4.78 is 26.6. The van der Waals surface area contributed by atoms with Crippen LogP contribution in [0.5, 0.6) is 11.6 Å². The van der Waals surface area contributed by atoms with Crippen LogP contribution in [0.3, 0.4) is 0 Å². The minimum Gasteiger partial charge on any atom is -0.493 e. The molecule has 3 aromatic heterocycles. The largest absolute Gasteiger partial charge is 0.493 e. The molecule has 140 valence electrons. The quantitative estimate of drug-likeness (QED) is 0.746. The summed E-state index contributed by atoms with van der Waals surface area (Å²) in [5.41, 5.74) is 1.91. The number of rotatable bonds is 5. The lowest BCUT2D eigenvalue weighted by Gasteiger charge is -2.13. The number of hydrogen-bond acceptors (Lipinski definition) is 5. The Balaban J connectivity index is 1.82. The van der Waals surface area contributed by atoms with Gasteiger partial charge in [0.2, 0.25) is 11.8 Å². The van der Waals surface area contributed by atoms with Crippen LogP contribution in [0.2, 0.25) is 0 Å². The summed E-state index contributed by atoms with van der Waals surface area (Å²) in [6.07, 6.45) is 4.59. The fourth-order valence-corrected chi connectivity index (χ4v) is 3.15. The molecule has 1 N–H and O–H groups in total. The van der Waals surface area contributed by atoms with Gasteiger partial charge >= 0.3 is 0 Å². The lowest BCUT2D eigenvalue weighted by atomic mass is 10.1. The second-order valence-electron chi connectivity index (χ2n) is 6.50. The molecule has 1 aliphatic carbocycles. The van der Waals surface area contributed by atoms with Crippen molar-refractivity contribution in [3.05, 3.63) is 30.3 Å². The van der Waals surface area contributed by atoms with Gasteiger partial charge < -0.3 is 19.4 Å². The van der Waals surface area contributed by atoms with E-state index in [9.17, 15) is 9.18 Å². The summed E-state index contributed by atoms with van der Waals surface area (Å²) in [6, 6.07) is 3.66. The van der Waals surface area contributed by atoms with Crippen LogP contribution in [0.25, 0.3) is 22.2 Å². The van der Waals surface area contributed by atoms with Gasteiger partial charge in [-0.15, -0.1) is 0 Å². The normalized spacial score (nSPS) is 13.6. The first-order chi connectivity index (χ1) is 13.0. The van der Waals surface area contributed by atoms with Crippen LogP contribution in [0, 0.1) is 11.7 Å². The number of nitrogens with one attached hydrogen (secondary N) is 1. The van der Waals surface area contributed by atoms with Gasteiger partial charge in [-0.05, 0) is 25.0 Å². The molecule has 0 saturated heterocycles. The van der Waals surface area contributed by atoms with Crippen molar-refractivity contribution in [2.75, 3.05) is 19.5 Å². The molecular weight excluding hydrogens is 351 g/mol. The minimum absolute atomic E-state index is 0.00401. The highest BCUT2D eigenvalue weighted by Gasteiger charge is 2.30. The zero-order chi connectivity index (χ0) is 19.1. The van der Waals surface area contributed by atoms with Crippen molar-refractivity contribution in [3.63, 3.8) is 0 Å². The first kappa shape index (κ1) is 17.3. The molecule has 1 aliphatic rings. The molecule has 1 saturated carbocycles. The Morgan fingerprint density at radius 1 is 1.22 bits per heavy atom. The van der Waals surface area contributed by atoms with Gasteiger partial charge in [0.1, 0.15) is 11.4 Å². The van der Waals surface area contributed by atoms with Crippen LogP contribution < -0.4 is 14.8 Å². The van der Waals surface area contributed by atoms with Crippen molar-refractivity contribution in [2.45, 2.75) is 12.8 Å². The summed E-state index contributed by atoms with van der Waals surface area (Å²) >= 11 is 0. The molecular formula is C19H19FN4O3.